The van der Waals surface area contributed by atoms with Gasteiger partial charge in [0, 0.05) is 10.0 Å². The number of aliphatic hydroxyl groups excluding tert-OH is 2. The van der Waals surface area contributed by atoms with Crippen molar-refractivity contribution in [1.29, 1.82) is 0 Å². The van der Waals surface area contributed by atoms with Crippen LogP contribution in [0.4, 0.5) is 0 Å². The third-order valence-electron chi connectivity index (χ3n) is 4.39. The lowest BCUT2D eigenvalue weighted by Gasteiger charge is -2.27. The zero-order valence-corrected chi connectivity index (χ0v) is 15.6. The Morgan fingerprint density at radius 3 is 1.54 bits per heavy atom. The summed E-state index contributed by atoms with van der Waals surface area (Å²) in [7, 11) is 0. The van der Waals surface area contributed by atoms with E-state index in [1.54, 1.807) is 72.8 Å². The monoisotopic (exact) mass is 410 g/mol. The molecule has 2 atom stereocenters. The highest BCUT2D eigenvalue weighted by Gasteiger charge is 2.35. The van der Waals surface area contributed by atoms with Crippen LogP contribution in [-0.2, 0) is 0 Å². The zero-order chi connectivity index (χ0) is 18.5. The van der Waals surface area contributed by atoms with Gasteiger partial charge in [-0.15, -0.1) is 0 Å². The molecule has 0 bridgehead atoms. The molecule has 4 heteroatoms. The largest absolute Gasteiger partial charge is 0.388 e. The highest BCUT2D eigenvalue weighted by atomic mass is 79.9. The van der Waals surface area contributed by atoms with Crippen molar-refractivity contribution >= 4 is 21.7 Å². The molecule has 0 fully saturated rings. The first-order valence-electron chi connectivity index (χ1n) is 8.33. The van der Waals surface area contributed by atoms with Crippen LogP contribution in [0.25, 0.3) is 0 Å². The first kappa shape index (κ1) is 18.5. The first-order valence-corrected chi connectivity index (χ1v) is 9.13. The molecule has 3 nitrogen and oxygen atoms in total. The Kier molecular flexibility index (Phi) is 5.99. The molecule has 0 aliphatic heterocycles. The van der Waals surface area contributed by atoms with Crippen molar-refractivity contribution in [3.8, 4) is 0 Å². The minimum Gasteiger partial charge on any atom is -0.388 e. The minimum absolute atomic E-state index is 0.301. The normalized spacial score (nSPS) is 13.4. The maximum atomic E-state index is 13.2. The van der Waals surface area contributed by atoms with Gasteiger partial charge in [-0.1, -0.05) is 88.7 Å². The van der Waals surface area contributed by atoms with Crippen molar-refractivity contribution in [2.75, 3.05) is 0 Å². The molecule has 26 heavy (non-hydrogen) atoms. The van der Waals surface area contributed by atoms with E-state index in [9.17, 15) is 15.0 Å². The Morgan fingerprint density at radius 1 is 0.692 bits per heavy atom. The van der Waals surface area contributed by atoms with Crippen LogP contribution in [0.2, 0.25) is 0 Å². The lowest BCUT2D eigenvalue weighted by molar-refractivity contribution is 0.0143. The summed E-state index contributed by atoms with van der Waals surface area (Å²) in [5.74, 6) is -1.31. The number of Topliss-reactive ketones (excluding diaryl/α,β-unsaturated/α-hetero) is 1. The molecule has 0 radical (unpaired) electrons. The van der Waals surface area contributed by atoms with Crippen LogP contribution < -0.4 is 0 Å². The van der Waals surface area contributed by atoms with Gasteiger partial charge in [0.05, 0.1) is 18.1 Å². The Morgan fingerprint density at radius 2 is 1.12 bits per heavy atom. The number of ketones is 1. The first-order chi connectivity index (χ1) is 12.6. The molecular formula is C22H19BrO3. The number of carbonyl (C=O) groups is 1. The summed E-state index contributed by atoms with van der Waals surface area (Å²) in [5.41, 5.74) is 1.64. The van der Waals surface area contributed by atoms with Gasteiger partial charge < -0.3 is 10.2 Å². The van der Waals surface area contributed by atoms with Crippen molar-refractivity contribution in [3.05, 3.63) is 106 Å². The van der Waals surface area contributed by atoms with E-state index in [0.29, 0.717) is 16.7 Å². The van der Waals surface area contributed by atoms with E-state index in [2.05, 4.69) is 15.9 Å². The average molecular weight is 411 g/mol. The highest BCUT2D eigenvalue weighted by molar-refractivity contribution is 9.10. The molecule has 0 heterocycles. The quantitative estimate of drug-likeness (QED) is 0.578. The fourth-order valence-electron chi connectivity index (χ4n) is 2.98. The molecule has 0 saturated heterocycles. The van der Waals surface area contributed by atoms with E-state index in [1.807, 2.05) is 12.1 Å². The number of carbonyl (C=O) groups excluding carboxylic acids is 1. The van der Waals surface area contributed by atoms with Crippen LogP contribution in [0, 0.1) is 5.92 Å². The second kappa shape index (κ2) is 8.41. The molecule has 0 saturated carbocycles. The van der Waals surface area contributed by atoms with Crippen molar-refractivity contribution in [3.63, 3.8) is 0 Å². The summed E-state index contributed by atoms with van der Waals surface area (Å²) in [4.78, 5) is 13.2. The second-order valence-electron chi connectivity index (χ2n) is 6.11. The molecular weight excluding hydrogens is 392 g/mol. The Balaban J connectivity index is 2.00. The number of hydrogen-bond acceptors (Lipinski definition) is 3. The predicted molar refractivity (Wildman–Crippen MR) is 105 cm³/mol. The third-order valence-corrected chi connectivity index (χ3v) is 4.92. The number of benzene rings is 3. The fourth-order valence-corrected chi connectivity index (χ4v) is 3.25. The number of rotatable bonds is 6. The molecule has 3 aromatic rings. The van der Waals surface area contributed by atoms with Crippen molar-refractivity contribution in [2.24, 2.45) is 5.92 Å². The Bertz CT molecular complexity index is 802. The van der Waals surface area contributed by atoms with Gasteiger partial charge in [-0.25, -0.2) is 0 Å². The summed E-state index contributed by atoms with van der Waals surface area (Å²) in [6.45, 7) is 0. The number of hydrogen-bond donors (Lipinski definition) is 2. The summed E-state index contributed by atoms with van der Waals surface area (Å²) in [5, 5.41) is 21.8. The smallest absolute Gasteiger partial charge is 0.171 e. The predicted octanol–water partition coefficient (Wildman–Crippen LogP) is 4.72. The SMILES string of the molecule is O=C(c1ccc(Br)cc1)C([C@@H](O)c1ccccc1)[C@@H](O)c1ccccc1. The molecule has 0 amide bonds. The van der Waals surface area contributed by atoms with Gasteiger partial charge in [0.1, 0.15) is 0 Å². The number of aliphatic hydroxyl groups is 2. The van der Waals surface area contributed by atoms with Crippen LogP contribution in [-0.4, -0.2) is 16.0 Å². The van der Waals surface area contributed by atoms with Crippen molar-refractivity contribution < 1.29 is 15.0 Å². The summed E-state index contributed by atoms with van der Waals surface area (Å²) in [6.07, 6.45) is -2.25. The molecule has 3 aromatic carbocycles. The van der Waals surface area contributed by atoms with Gasteiger partial charge in [0.25, 0.3) is 0 Å². The number of halogens is 1. The molecule has 0 aliphatic carbocycles. The van der Waals surface area contributed by atoms with Crippen molar-refractivity contribution in [1.82, 2.24) is 0 Å². The molecule has 0 aliphatic rings. The minimum atomic E-state index is -1.12. The molecule has 2 N–H and O–H groups in total. The van der Waals surface area contributed by atoms with Gasteiger partial charge in [-0.05, 0) is 23.3 Å². The van der Waals surface area contributed by atoms with E-state index < -0.39 is 18.1 Å². The van der Waals surface area contributed by atoms with Crippen LogP contribution in [0.15, 0.2) is 89.4 Å². The third kappa shape index (κ3) is 4.10. The molecule has 0 spiro atoms. The van der Waals surface area contributed by atoms with Gasteiger partial charge >= 0.3 is 0 Å². The summed E-state index contributed by atoms with van der Waals surface area (Å²) < 4.78 is 0.859. The van der Waals surface area contributed by atoms with E-state index in [-0.39, 0.29) is 5.78 Å². The van der Waals surface area contributed by atoms with Crippen LogP contribution >= 0.6 is 15.9 Å². The zero-order valence-electron chi connectivity index (χ0n) is 14.0. The molecule has 3 rings (SSSR count). The fraction of sp³-hybridized carbons (Fsp3) is 0.136. The average Bonchev–Trinajstić information content (AvgIpc) is 2.69. The summed E-state index contributed by atoms with van der Waals surface area (Å²) >= 11 is 3.35. The van der Waals surface area contributed by atoms with E-state index in [1.165, 1.54) is 0 Å². The lowest BCUT2D eigenvalue weighted by atomic mass is 9.82. The van der Waals surface area contributed by atoms with Gasteiger partial charge in [0.2, 0.25) is 0 Å². The highest BCUT2D eigenvalue weighted by Crippen LogP contribution is 2.35. The van der Waals surface area contributed by atoms with E-state index in [4.69, 9.17) is 0 Å². The van der Waals surface area contributed by atoms with E-state index >= 15 is 0 Å². The molecule has 132 valence electrons. The topological polar surface area (TPSA) is 57.5 Å². The van der Waals surface area contributed by atoms with Crippen LogP contribution in [0.1, 0.15) is 33.7 Å². The summed E-state index contributed by atoms with van der Waals surface area (Å²) in [6, 6.07) is 24.8. The maximum Gasteiger partial charge on any atom is 0.171 e. The van der Waals surface area contributed by atoms with E-state index in [0.717, 1.165) is 4.47 Å². The van der Waals surface area contributed by atoms with Crippen LogP contribution in [0.5, 0.6) is 0 Å². The van der Waals surface area contributed by atoms with Crippen molar-refractivity contribution in [2.45, 2.75) is 12.2 Å². The molecule has 0 aromatic heterocycles. The Hall–Kier alpha value is -2.27. The van der Waals surface area contributed by atoms with Crippen LogP contribution in [0.3, 0.4) is 0 Å². The lowest BCUT2D eigenvalue weighted by Crippen LogP contribution is -2.29. The second-order valence-corrected chi connectivity index (χ2v) is 7.02. The van der Waals surface area contributed by atoms with Gasteiger partial charge in [0.15, 0.2) is 5.78 Å². The standard InChI is InChI=1S/C22H19BrO3/c23-18-13-11-17(12-14-18)22(26)19(20(24)15-7-3-1-4-8-15)21(25)16-9-5-2-6-10-16/h1-14,19-21,24-25H/t20-,21-/m0/s1. The van der Waals surface area contributed by atoms with Gasteiger partial charge in [-0.3, -0.25) is 4.79 Å². The Labute approximate surface area is 161 Å². The maximum absolute atomic E-state index is 13.2. The molecule has 0 unspecified atom stereocenters. The van der Waals surface area contributed by atoms with Gasteiger partial charge in [-0.2, -0.15) is 0 Å².